The molecule has 43 heavy (non-hydrogen) atoms. The summed E-state index contributed by atoms with van der Waals surface area (Å²) >= 11 is 0. The molecule has 2 heterocycles. The van der Waals surface area contributed by atoms with Crippen LogP contribution in [0.25, 0.3) is 21.9 Å². The number of aliphatic carboxylic acids is 1. The molecule has 0 spiro atoms. The van der Waals surface area contributed by atoms with Gasteiger partial charge in [-0.05, 0) is 52.4 Å². The molecule has 0 amide bonds. The van der Waals surface area contributed by atoms with Gasteiger partial charge in [-0.15, -0.1) is 0 Å². The first-order valence-corrected chi connectivity index (χ1v) is 15.4. The minimum atomic E-state index is -4.73. The molecule has 0 saturated heterocycles. The topological polar surface area (TPSA) is 118 Å². The first-order valence-electron chi connectivity index (χ1n) is 13.9. The second kappa shape index (κ2) is 10.8. The third kappa shape index (κ3) is 5.29. The molecule has 12 heteroatoms. The lowest BCUT2D eigenvalue weighted by Crippen LogP contribution is -2.48. The first kappa shape index (κ1) is 28.9. The highest BCUT2D eigenvalue weighted by molar-refractivity contribution is 7.89. The summed E-state index contributed by atoms with van der Waals surface area (Å²) in [5.41, 5.74) is -1.18. The molecule has 3 aromatic carbocycles. The zero-order valence-electron chi connectivity index (χ0n) is 22.8. The Morgan fingerprint density at radius 1 is 1.02 bits per heavy atom. The summed E-state index contributed by atoms with van der Waals surface area (Å²) in [6, 6.07) is 15.5. The maximum Gasteiger partial charge on any atom is 0.416 e. The van der Waals surface area contributed by atoms with Gasteiger partial charge in [-0.1, -0.05) is 67.4 Å². The second-order valence-corrected chi connectivity index (χ2v) is 12.6. The van der Waals surface area contributed by atoms with Gasteiger partial charge in [-0.25, -0.2) is 17.9 Å². The maximum atomic E-state index is 14.3. The fourth-order valence-corrected chi connectivity index (χ4v) is 7.69. The first-order chi connectivity index (χ1) is 20.5. The van der Waals surface area contributed by atoms with Crippen LogP contribution in [0, 0.1) is 0 Å². The van der Waals surface area contributed by atoms with E-state index in [4.69, 9.17) is 0 Å². The number of hydrogen-bond acceptors (Lipinski definition) is 5. The number of carboxylic acid groups (broad SMARTS) is 1. The number of anilines is 1. The molecule has 1 atom stereocenters. The zero-order chi connectivity index (χ0) is 30.5. The smallest absolute Gasteiger partial charge is 0.416 e. The standard InChI is InChI=1S/C31H28F3N3O5S/c32-31(33,34)21-11-6-10-20(15-21)26-24(16-19-9-5-8-18-7-1-4-14-23(18)19)27(36-22-12-2-3-13-22)28(38)37-25(30(39)40)17-35-43(41,42)29(26)37/h1,4-11,14-15,22,25,35-36H,2-3,12-13,16-17H2,(H,39,40). The predicted octanol–water partition coefficient (Wildman–Crippen LogP) is 5.55. The summed E-state index contributed by atoms with van der Waals surface area (Å²) in [5, 5.41) is 14.4. The number of nitrogens with one attached hydrogen (secondary N) is 2. The third-order valence-electron chi connectivity index (χ3n) is 8.22. The summed E-state index contributed by atoms with van der Waals surface area (Å²) in [4.78, 5) is 26.6. The number of fused-ring (bicyclic) bond motifs is 2. The quantitative estimate of drug-likeness (QED) is 0.263. The number of rotatable bonds is 6. The van der Waals surface area contributed by atoms with E-state index in [1.54, 1.807) is 0 Å². The molecular weight excluding hydrogens is 583 g/mol. The molecule has 8 nitrogen and oxygen atoms in total. The van der Waals surface area contributed by atoms with Crippen LogP contribution in [0.5, 0.6) is 0 Å². The number of pyridine rings is 1. The van der Waals surface area contributed by atoms with Crippen LogP contribution >= 0.6 is 0 Å². The molecule has 1 aliphatic carbocycles. The van der Waals surface area contributed by atoms with Crippen molar-refractivity contribution in [3.8, 4) is 11.1 Å². The van der Waals surface area contributed by atoms with Crippen molar-refractivity contribution in [2.45, 2.75) is 55.4 Å². The van der Waals surface area contributed by atoms with E-state index < -0.39 is 50.9 Å². The Hall–Kier alpha value is -4.16. The highest BCUT2D eigenvalue weighted by atomic mass is 32.2. The molecule has 0 radical (unpaired) electrons. The molecule has 1 aliphatic heterocycles. The molecule has 4 aromatic rings. The van der Waals surface area contributed by atoms with Crippen LogP contribution in [0.15, 0.2) is 76.6 Å². The minimum absolute atomic E-state index is 0.000606. The van der Waals surface area contributed by atoms with Gasteiger partial charge in [0.2, 0.25) is 0 Å². The Morgan fingerprint density at radius 2 is 1.72 bits per heavy atom. The van der Waals surface area contributed by atoms with Crippen molar-refractivity contribution in [3.05, 3.63) is 93.8 Å². The average molecular weight is 612 g/mol. The summed E-state index contributed by atoms with van der Waals surface area (Å²) in [6.45, 7) is -0.585. The van der Waals surface area contributed by atoms with Gasteiger partial charge in [-0.3, -0.25) is 9.36 Å². The number of halogens is 3. The molecule has 1 aromatic heterocycles. The second-order valence-electron chi connectivity index (χ2n) is 10.9. The minimum Gasteiger partial charge on any atom is -0.480 e. The lowest BCUT2D eigenvalue weighted by molar-refractivity contribution is -0.141. The van der Waals surface area contributed by atoms with Crippen molar-refractivity contribution in [1.82, 2.24) is 9.29 Å². The van der Waals surface area contributed by atoms with Gasteiger partial charge in [0.1, 0.15) is 11.7 Å². The van der Waals surface area contributed by atoms with Crippen molar-refractivity contribution in [2.75, 3.05) is 11.9 Å². The maximum absolute atomic E-state index is 14.3. The number of benzene rings is 3. The summed E-state index contributed by atoms with van der Waals surface area (Å²) in [7, 11) is -4.52. The molecule has 224 valence electrons. The Balaban J connectivity index is 1.74. The number of carboxylic acids is 1. The molecule has 1 saturated carbocycles. The van der Waals surface area contributed by atoms with Crippen LogP contribution in [-0.2, 0) is 27.4 Å². The molecule has 1 fully saturated rings. The Labute approximate surface area is 245 Å². The SMILES string of the molecule is O=C(O)C1CNS(=O)(=O)c2c(-c3cccc(C(F)(F)F)c3)c(Cc3cccc4ccccc34)c(NC3CCCC3)c(=O)n21. The van der Waals surface area contributed by atoms with Crippen molar-refractivity contribution in [2.24, 2.45) is 0 Å². The van der Waals surface area contributed by atoms with Crippen molar-refractivity contribution < 1.29 is 31.5 Å². The summed E-state index contributed by atoms with van der Waals surface area (Å²) in [6.07, 6.45) is -1.47. The van der Waals surface area contributed by atoms with E-state index >= 15 is 0 Å². The van der Waals surface area contributed by atoms with E-state index in [2.05, 4.69) is 10.0 Å². The van der Waals surface area contributed by atoms with Crippen LogP contribution in [0.2, 0.25) is 0 Å². The van der Waals surface area contributed by atoms with Crippen LogP contribution in [0.1, 0.15) is 48.4 Å². The zero-order valence-corrected chi connectivity index (χ0v) is 23.6. The third-order valence-corrected chi connectivity index (χ3v) is 9.67. The number of alkyl halides is 3. The van der Waals surface area contributed by atoms with E-state index in [1.165, 1.54) is 12.1 Å². The van der Waals surface area contributed by atoms with Gasteiger partial charge in [-0.2, -0.15) is 13.2 Å². The van der Waals surface area contributed by atoms with Crippen molar-refractivity contribution in [3.63, 3.8) is 0 Å². The molecule has 1 unspecified atom stereocenters. The fraction of sp³-hybridized carbons (Fsp3) is 0.290. The highest BCUT2D eigenvalue weighted by Gasteiger charge is 2.41. The number of carbonyl (C=O) groups is 1. The Morgan fingerprint density at radius 3 is 2.44 bits per heavy atom. The number of hydrogen-bond donors (Lipinski definition) is 3. The summed E-state index contributed by atoms with van der Waals surface area (Å²) in [5.74, 6) is -1.45. The van der Waals surface area contributed by atoms with E-state index in [0.717, 1.165) is 54.2 Å². The van der Waals surface area contributed by atoms with Crippen LogP contribution in [0.3, 0.4) is 0 Å². The van der Waals surface area contributed by atoms with Gasteiger partial charge >= 0.3 is 12.1 Å². The van der Waals surface area contributed by atoms with Gasteiger partial charge in [0.15, 0.2) is 5.03 Å². The average Bonchev–Trinajstić information content (AvgIpc) is 3.48. The highest BCUT2D eigenvalue weighted by Crippen LogP contribution is 2.41. The van der Waals surface area contributed by atoms with Crippen molar-refractivity contribution >= 4 is 32.5 Å². The van der Waals surface area contributed by atoms with Crippen LogP contribution in [-0.4, -0.2) is 36.6 Å². The molecule has 3 N–H and O–H groups in total. The largest absolute Gasteiger partial charge is 0.480 e. The van der Waals surface area contributed by atoms with Gasteiger partial charge < -0.3 is 10.4 Å². The number of nitrogens with zero attached hydrogens (tertiary/aromatic N) is 1. The monoisotopic (exact) mass is 611 g/mol. The van der Waals surface area contributed by atoms with E-state index in [9.17, 15) is 36.3 Å². The van der Waals surface area contributed by atoms with Gasteiger partial charge in [0.25, 0.3) is 15.6 Å². The van der Waals surface area contributed by atoms with Gasteiger partial charge in [0.05, 0.1) is 5.56 Å². The lowest BCUT2D eigenvalue weighted by atomic mass is 9.91. The van der Waals surface area contributed by atoms with Gasteiger partial charge in [0, 0.05) is 24.6 Å². The molecule has 6 rings (SSSR count). The van der Waals surface area contributed by atoms with Crippen LogP contribution in [0.4, 0.5) is 18.9 Å². The summed E-state index contributed by atoms with van der Waals surface area (Å²) < 4.78 is 71.9. The number of sulfonamides is 1. The Bertz CT molecular complexity index is 1910. The predicted molar refractivity (Wildman–Crippen MR) is 156 cm³/mol. The van der Waals surface area contributed by atoms with E-state index in [-0.39, 0.29) is 34.8 Å². The normalized spacial score (nSPS) is 18.4. The Kier molecular flexibility index (Phi) is 7.29. The van der Waals surface area contributed by atoms with E-state index in [1.807, 2.05) is 42.5 Å². The van der Waals surface area contributed by atoms with E-state index in [0.29, 0.717) is 4.57 Å². The number of aromatic nitrogens is 1. The van der Waals surface area contributed by atoms with Crippen LogP contribution < -0.4 is 15.6 Å². The molecule has 0 bridgehead atoms. The van der Waals surface area contributed by atoms with Crippen molar-refractivity contribution in [1.29, 1.82) is 0 Å². The fourth-order valence-electron chi connectivity index (χ4n) is 6.19. The lowest BCUT2D eigenvalue weighted by Gasteiger charge is -2.31. The molecular formula is C31H28F3N3O5S. The molecule has 2 aliphatic rings.